The fourth-order valence-electron chi connectivity index (χ4n) is 0.409. The zero-order valence-electron chi connectivity index (χ0n) is 7.06. The van der Waals surface area contributed by atoms with Gasteiger partial charge in [-0.15, -0.1) is 0 Å². The molecular weight excluding hydrogens is 124 g/mol. The summed E-state index contributed by atoms with van der Waals surface area (Å²) in [6.07, 6.45) is 3.43. The van der Waals surface area contributed by atoms with Crippen LogP contribution in [0.4, 0.5) is 0 Å². The molecule has 0 amide bonds. The second-order valence-corrected chi connectivity index (χ2v) is 2.63. The van der Waals surface area contributed by atoms with Crippen LogP contribution in [-0.4, -0.2) is 5.78 Å². The molecular formula is C9H14O. The van der Waals surface area contributed by atoms with Gasteiger partial charge in [-0.1, -0.05) is 17.2 Å². The molecule has 0 spiro atoms. The molecule has 1 nitrogen and oxygen atoms in total. The van der Waals surface area contributed by atoms with E-state index in [0.29, 0.717) is 0 Å². The number of carbonyl (C=O) groups is 1. The van der Waals surface area contributed by atoms with Gasteiger partial charge in [0.05, 0.1) is 0 Å². The van der Waals surface area contributed by atoms with Crippen molar-refractivity contribution in [2.24, 2.45) is 0 Å². The van der Waals surface area contributed by atoms with Crippen molar-refractivity contribution >= 4 is 5.78 Å². The van der Waals surface area contributed by atoms with E-state index in [2.05, 4.69) is 0 Å². The maximum absolute atomic E-state index is 10.5. The highest BCUT2D eigenvalue weighted by Crippen LogP contribution is 2.02. The Kier molecular flexibility index (Phi) is 3.70. The van der Waals surface area contributed by atoms with Gasteiger partial charge in [-0.2, -0.15) is 0 Å². The first-order valence-electron chi connectivity index (χ1n) is 3.36. The van der Waals surface area contributed by atoms with Gasteiger partial charge >= 0.3 is 0 Å². The van der Waals surface area contributed by atoms with Crippen molar-refractivity contribution in [3.05, 3.63) is 23.3 Å². The van der Waals surface area contributed by atoms with Crippen LogP contribution in [0.3, 0.4) is 0 Å². The summed E-state index contributed by atoms with van der Waals surface area (Å²) < 4.78 is 0. The summed E-state index contributed by atoms with van der Waals surface area (Å²) in [7, 11) is 0. The van der Waals surface area contributed by atoms with Crippen molar-refractivity contribution in [2.45, 2.75) is 27.7 Å². The van der Waals surface area contributed by atoms with E-state index in [1.807, 2.05) is 26.8 Å². The molecule has 0 bridgehead atoms. The molecule has 0 rings (SSSR count). The van der Waals surface area contributed by atoms with Gasteiger partial charge in [-0.3, -0.25) is 4.79 Å². The third-order valence-corrected chi connectivity index (χ3v) is 1.36. The Morgan fingerprint density at radius 2 is 1.50 bits per heavy atom. The standard InChI is InChI=1S/C9H14O/c1-7(2)8(3)5-6-9(4)10/h5-6H,1-4H3/b6-5+. The molecule has 0 aromatic rings. The molecule has 0 atom stereocenters. The van der Waals surface area contributed by atoms with Gasteiger partial charge < -0.3 is 0 Å². The molecule has 0 heterocycles. The number of ketones is 1. The molecule has 0 N–H and O–H groups in total. The van der Waals surface area contributed by atoms with E-state index in [-0.39, 0.29) is 5.78 Å². The number of hydrogen-bond donors (Lipinski definition) is 0. The summed E-state index contributed by atoms with van der Waals surface area (Å²) >= 11 is 0. The predicted octanol–water partition coefficient (Wildman–Crippen LogP) is 2.49. The Balaban J connectivity index is 4.16. The SMILES string of the molecule is CC(=O)/C=C/C(C)=C(C)C. The fraction of sp³-hybridized carbons (Fsp3) is 0.444. The minimum atomic E-state index is 0.0978. The van der Waals surface area contributed by atoms with Gasteiger partial charge in [0, 0.05) is 0 Å². The smallest absolute Gasteiger partial charge is 0.152 e. The first-order chi connectivity index (χ1) is 4.54. The molecule has 0 aliphatic rings. The van der Waals surface area contributed by atoms with Crippen LogP contribution in [0.5, 0.6) is 0 Å². The van der Waals surface area contributed by atoms with Crippen molar-refractivity contribution in [1.29, 1.82) is 0 Å². The quantitative estimate of drug-likeness (QED) is 0.423. The lowest BCUT2D eigenvalue weighted by Crippen LogP contribution is -1.81. The summed E-state index contributed by atoms with van der Waals surface area (Å²) in [5.74, 6) is 0.0978. The molecule has 0 aliphatic heterocycles. The summed E-state index contributed by atoms with van der Waals surface area (Å²) in [5.41, 5.74) is 2.41. The van der Waals surface area contributed by atoms with Gasteiger partial charge in [0.2, 0.25) is 0 Å². The lowest BCUT2D eigenvalue weighted by atomic mass is 10.1. The number of allylic oxidation sites excluding steroid dienone is 4. The highest BCUT2D eigenvalue weighted by Gasteiger charge is 1.85. The van der Waals surface area contributed by atoms with E-state index < -0.39 is 0 Å². The molecule has 56 valence electrons. The Labute approximate surface area is 62.4 Å². The molecule has 0 aromatic carbocycles. The minimum absolute atomic E-state index is 0.0978. The Hall–Kier alpha value is -0.850. The monoisotopic (exact) mass is 138 g/mol. The summed E-state index contributed by atoms with van der Waals surface area (Å²) in [5, 5.41) is 0. The molecule has 0 fully saturated rings. The molecule has 0 unspecified atom stereocenters. The fourth-order valence-corrected chi connectivity index (χ4v) is 0.409. The van der Waals surface area contributed by atoms with Crippen molar-refractivity contribution in [2.75, 3.05) is 0 Å². The molecule has 0 aliphatic carbocycles. The van der Waals surface area contributed by atoms with E-state index in [4.69, 9.17) is 0 Å². The number of hydrogen-bond acceptors (Lipinski definition) is 1. The normalized spacial score (nSPS) is 10.0. The van der Waals surface area contributed by atoms with Crippen LogP contribution in [0.25, 0.3) is 0 Å². The molecule has 1 heteroatoms. The van der Waals surface area contributed by atoms with E-state index in [0.717, 1.165) is 5.57 Å². The molecule has 10 heavy (non-hydrogen) atoms. The Morgan fingerprint density at radius 1 is 1.00 bits per heavy atom. The summed E-state index contributed by atoms with van der Waals surface area (Å²) in [4.78, 5) is 10.5. The third kappa shape index (κ3) is 4.07. The van der Waals surface area contributed by atoms with Crippen LogP contribution in [0, 0.1) is 0 Å². The second-order valence-electron chi connectivity index (χ2n) is 2.63. The lowest BCUT2D eigenvalue weighted by Gasteiger charge is -1.92. The summed E-state index contributed by atoms with van der Waals surface area (Å²) in [6, 6.07) is 0. The van der Waals surface area contributed by atoms with Crippen molar-refractivity contribution in [1.82, 2.24) is 0 Å². The predicted molar refractivity (Wildman–Crippen MR) is 43.9 cm³/mol. The lowest BCUT2D eigenvalue weighted by molar-refractivity contribution is -0.112. The average Bonchev–Trinajstić information content (AvgIpc) is 1.82. The van der Waals surface area contributed by atoms with E-state index in [1.54, 1.807) is 13.0 Å². The van der Waals surface area contributed by atoms with Crippen molar-refractivity contribution in [3.63, 3.8) is 0 Å². The first kappa shape index (κ1) is 9.15. The molecule has 0 saturated carbocycles. The van der Waals surface area contributed by atoms with Gasteiger partial charge in [0.15, 0.2) is 5.78 Å². The van der Waals surface area contributed by atoms with Gasteiger partial charge in [0.25, 0.3) is 0 Å². The highest BCUT2D eigenvalue weighted by atomic mass is 16.1. The highest BCUT2D eigenvalue weighted by molar-refractivity contribution is 5.87. The van der Waals surface area contributed by atoms with Crippen LogP contribution in [0.2, 0.25) is 0 Å². The van der Waals surface area contributed by atoms with Crippen LogP contribution in [0.1, 0.15) is 27.7 Å². The van der Waals surface area contributed by atoms with E-state index in [1.165, 1.54) is 5.57 Å². The Bertz CT molecular complexity index is 181. The maximum Gasteiger partial charge on any atom is 0.152 e. The largest absolute Gasteiger partial charge is 0.295 e. The number of carbonyl (C=O) groups excluding carboxylic acids is 1. The first-order valence-corrected chi connectivity index (χ1v) is 3.36. The number of rotatable bonds is 2. The van der Waals surface area contributed by atoms with Crippen LogP contribution < -0.4 is 0 Å². The zero-order valence-corrected chi connectivity index (χ0v) is 7.06. The third-order valence-electron chi connectivity index (χ3n) is 1.36. The van der Waals surface area contributed by atoms with Crippen molar-refractivity contribution < 1.29 is 4.79 Å². The summed E-state index contributed by atoms with van der Waals surface area (Å²) in [6.45, 7) is 7.60. The average molecular weight is 138 g/mol. The molecule has 0 aromatic heterocycles. The van der Waals surface area contributed by atoms with Crippen LogP contribution in [0.15, 0.2) is 23.3 Å². The van der Waals surface area contributed by atoms with Crippen molar-refractivity contribution in [3.8, 4) is 0 Å². The van der Waals surface area contributed by atoms with Crippen LogP contribution in [-0.2, 0) is 4.79 Å². The Morgan fingerprint density at radius 3 is 1.80 bits per heavy atom. The topological polar surface area (TPSA) is 17.1 Å². The second kappa shape index (κ2) is 4.04. The van der Waals surface area contributed by atoms with E-state index in [9.17, 15) is 4.79 Å². The van der Waals surface area contributed by atoms with Gasteiger partial charge in [-0.05, 0) is 33.8 Å². The minimum Gasteiger partial charge on any atom is -0.295 e. The maximum atomic E-state index is 10.5. The molecule has 0 saturated heterocycles. The van der Waals surface area contributed by atoms with Crippen LogP contribution >= 0.6 is 0 Å². The van der Waals surface area contributed by atoms with Gasteiger partial charge in [0.1, 0.15) is 0 Å². The van der Waals surface area contributed by atoms with Gasteiger partial charge in [-0.25, -0.2) is 0 Å². The zero-order chi connectivity index (χ0) is 8.15. The van der Waals surface area contributed by atoms with E-state index >= 15 is 0 Å². The molecule has 0 radical (unpaired) electrons.